The summed E-state index contributed by atoms with van der Waals surface area (Å²) in [5.74, 6) is -0.516. The van der Waals surface area contributed by atoms with Gasteiger partial charge in [0.15, 0.2) is 0 Å². The minimum atomic E-state index is -0.870. The predicted octanol–water partition coefficient (Wildman–Crippen LogP) is 2.95. The van der Waals surface area contributed by atoms with Crippen LogP contribution in [-0.2, 0) is 4.79 Å². The van der Waals surface area contributed by atoms with E-state index in [1.807, 2.05) is 0 Å². The van der Waals surface area contributed by atoms with Crippen molar-refractivity contribution in [3.63, 3.8) is 0 Å². The zero-order chi connectivity index (χ0) is 14.7. The molecule has 0 saturated carbocycles. The molecule has 0 bridgehead atoms. The van der Waals surface area contributed by atoms with E-state index in [2.05, 4.69) is 5.32 Å². The molecule has 20 heavy (non-hydrogen) atoms. The Balaban J connectivity index is 2.22. The van der Waals surface area contributed by atoms with Crippen LogP contribution in [0.25, 0.3) is 0 Å². The number of nitro benzene ring substituents is 1. The first-order chi connectivity index (χ1) is 9.49. The number of hydrogen-bond donors (Lipinski definition) is 2. The molecule has 0 aliphatic carbocycles. The lowest BCUT2D eigenvalue weighted by atomic mass is 10.2. The Morgan fingerprint density at radius 1 is 1.45 bits per heavy atom. The molecule has 0 radical (unpaired) electrons. The van der Waals surface area contributed by atoms with E-state index >= 15 is 0 Å². The molecular formula is C12H10ClN3O3S. The fourth-order valence-electron chi connectivity index (χ4n) is 1.57. The topological polar surface area (TPSA) is 98.3 Å². The van der Waals surface area contributed by atoms with Crippen molar-refractivity contribution in [2.45, 2.75) is 6.04 Å². The van der Waals surface area contributed by atoms with Crippen LogP contribution in [0, 0.1) is 10.1 Å². The van der Waals surface area contributed by atoms with Gasteiger partial charge >= 0.3 is 0 Å². The quantitative estimate of drug-likeness (QED) is 0.670. The molecule has 3 N–H and O–H groups in total. The molecule has 8 heteroatoms. The van der Waals surface area contributed by atoms with E-state index in [0.717, 1.165) is 0 Å². The van der Waals surface area contributed by atoms with Crippen LogP contribution in [0.5, 0.6) is 0 Å². The van der Waals surface area contributed by atoms with Gasteiger partial charge in [-0.25, -0.2) is 0 Å². The molecule has 1 atom stereocenters. The molecule has 0 spiro atoms. The second kappa shape index (κ2) is 6.00. The van der Waals surface area contributed by atoms with Crippen molar-refractivity contribution in [1.29, 1.82) is 0 Å². The third-order valence-electron chi connectivity index (χ3n) is 2.55. The maximum Gasteiger partial charge on any atom is 0.294 e. The predicted molar refractivity (Wildman–Crippen MR) is 78.0 cm³/mol. The largest absolute Gasteiger partial charge is 0.319 e. The van der Waals surface area contributed by atoms with E-state index in [-0.39, 0.29) is 16.4 Å². The van der Waals surface area contributed by atoms with Crippen molar-refractivity contribution >= 4 is 40.2 Å². The van der Waals surface area contributed by atoms with Gasteiger partial charge in [0.2, 0.25) is 5.91 Å². The van der Waals surface area contributed by atoms with Gasteiger partial charge in [-0.2, -0.15) is 0 Å². The van der Waals surface area contributed by atoms with Crippen LogP contribution in [0.1, 0.15) is 10.9 Å². The average molecular weight is 312 g/mol. The monoisotopic (exact) mass is 311 g/mol. The van der Waals surface area contributed by atoms with Crippen LogP contribution in [0.4, 0.5) is 11.4 Å². The lowest BCUT2D eigenvalue weighted by Crippen LogP contribution is -2.27. The maximum absolute atomic E-state index is 12.0. The Hall–Kier alpha value is -1.96. The van der Waals surface area contributed by atoms with E-state index in [0.29, 0.717) is 4.88 Å². The van der Waals surface area contributed by atoms with Gasteiger partial charge in [-0.15, -0.1) is 11.3 Å². The SMILES string of the molecule is NC(C(=O)Nc1ccc(Cl)cc1[N+](=O)[O-])c1cccs1. The van der Waals surface area contributed by atoms with Crippen LogP contribution >= 0.6 is 22.9 Å². The van der Waals surface area contributed by atoms with Gasteiger partial charge in [-0.1, -0.05) is 17.7 Å². The van der Waals surface area contributed by atoms with E-state index in [9.17, 15) is 14.9 Å². The molecule has 104 valence electrons. The number of nitrogens with two attached hydrogens (primary N) is 1. The maximum atomic E-state index is 12.0. The van der Waals surface area contributed by atoms with Gasteiger partial charge in [0.1, 0.15) is 11.7 Å². The molecule has 0 fully saturated rings. The number of rotatable bonds is 4. The van der Waals surface area contributed by atoms with Crippen LogP contribution in [0.2, 0.25) is 5.02 Å². The van der Waals surface area contributed by atoms with Crippen molar-refractivity contribution in [3.05, 3.63) is 55.7 Å². The zero-order valence-corrected chi connectivity index (χ0v) is 11.6. The third kappa shape index (κ3) is 3.13. The molecular weight excluding hydrogens is 302 g/mol. The summed E-state index contributed by atoms with van der Waals surface area (Å²) in [6.07, 6.45) is 0. The van der Waals surface area contributed by atoms with Gasteiger partial charge in [0.25, 0.3) is 5.69 Å². The lowest BCUT2D eigenvalue weighted by molar-refractivity contribution is -0.383. The molecule has 1 amide bonds. The van der Waals surface area contributed by atoms with Gasteiger partial charge in [-0.05, 0) is 23.6 Å². The summed E-state index contributed by atoms with van der Waals surface area (Å²) >= 11 is 7.04. The molecule has 1 aromatic heterocycles. The minimum absolute atomic E-state index is 0.0661. The second-order valence-electron chi connectivity index (χ2n) is 3.90. The Labute approximate surface area is 123 Å². The van der Waals surface area contributed by atoms with E-state index < -0.39 is 16.9 Å². The Morgan fingerprint density at radius 2 is 2.20 bits per heavy atom. The summed E-state index contributed by atoms with van der Waals surface area (Å²) in [4.78, 5) is 23.0. The van der Waals surface area contributed by atoms with Crippen LogP contribution in [-0.4, -0.2) is 10.8 Å². The highest BCUT2D eigenvalue weighted by Gasteiger charge is 2.21. The van der Waals surface area contributed by atoms with Crippen LogP contribution < -0.4 is 11.1 Å². The zero-order valence-electron chi connectivity index (χ0n) is 10.1. The van der Waals surface area contributed by atoms with Gasteiger partial charge in [-0.3, -0.25) is 14.9 Å². The highest BCUT2D eigenvalue weighted by Crippen LogP contribution is 2.28. The highest BCUT2D eigenvalue weighted by molar-refractivity contribution is 7.10. The normalized spacial score (nSPS) is 11.9. The van der Waals surface area contributed by atoms with E-state index in [1.165, 1.54) is 29.5 Å². The number of benzene rings is 1. The van der Waals surface area contributed by atoms with Crippen LogP contribution in [0.3, 0.4) is 0 Å². The number of carbonyl (C=O) groups excluding carboxylic acids is 1. The van der Waals surface area contributed by atoms with E-state index in [1.54, 1.807) is 17.5 Å². The van der Waals surface area contributed by atoms with Gasteiger partial charge < -0.3 is 11.1 Å². The number of hydrogen-bond acceptors (Lipinski definition) is 5. The van der Waals surface area contributed by atoms with E-state index in [4.69, 9.17) is 17.3 Å². The second-order valence-corrected chi connectivity index (χ2v) is 5.32. The summed E-state index contributed by atoms with van der Waals surface area (Å²) in [7, 11) is 0. The Kier molecular flexibility index (Phi) is 4.33. The smallest absolute Gasteiger partial charge is 0.294 e. The number of anilines is 1. The summed E-state index contributed by atoms with van der Waals surface area (Å²) in [6, 6.07) is 6.64. The molecule has 2 rings (SSSR count). The molecule has 0 aliphatic rings. The Morgan fingerprint density at radius 3 is 2.80 bits per heavy atom. The summed E-state index contributed by atoms with van der Waals surface area (Å²) < 4.78 is 0. The fraction of sp³-hybridized carbons (Fsp3) is 0.0833. The van der Waals surface area contributed by atoms with Gasteiger partial charge in [0.05, 0.1) is 4.92 Å². The van der Waals surface area contributed by atoms with Crippen molar-refractivity contribution < 1.29 is 9.72 Å². The average Bonchev–Trinajstić information content (AvgIpc) is 2.93. The Bertz CT molecular complexity index is 645. The number of nitrogens with one attached hydrogen (secondary N) is 1. The summed E-state index contributed by atoms with van der Waals surface area (Å²) in [5.41, 5.74) is 5.58. The molecule has 1 heterocycles. The van der Waals surface area contributed by atoms with Crippen molar-refractivity contribution in [2.24, 2.45) is 5.73 Å². The molecule has 0 aliphatic heterocycles. The minimum Gasteiger partial charge on any atom is -0.319 e. The summed E-state index contributed by atoms with van der Waals surface area (Å²) in [5, 5.41) is 15.4. The van der Waals surface area contributed by atoms with Crippen molar-refractivity contribution in [3.8, 4) is 0 Å². The molecule has 0 saturated heterocycles. The molecule has 6 nitrogen and oxygen atoms in total. The number of carbonyl (C=O) groups is 1. The first-order valence-electron chi connectivity index (χ1n) is 5.53. The van der Waals surface area contributed by atoms with Crippen molar-refractivity contribution in [1.82, 2.24) is 0 Å². The number of thiophene rings is 1. The first kappa shape index (κ1) is 14.4. The highest BCUT2D eigenvalue weighted by atomic mass is 35.5. The molecule has 1 unspecified atom stereocenters. The lowest BCUT2D eigenvalue weighted by Gasteiger charge is -2.11. The fourth-order valence-corrected chi connectivity index (χ4v) is 2.46. The molecule has 2 aromatic rings. The number of nitro groups is 1. The number of nitrogens with zero attached hydrogens (tertiary/aromatic N) is 1. The van der Waals surface area contributed by atoms with Crippen LogP contribution in [0.15, 0.2) is 35.7 Å². The van der Waals surface area contributed by atoms with Crippen molar-refractivity contribution in [2.75, 3.05) is 5.32 Å². The first-order valence-corrected chi connectivity index (χ1v) is 6.78. The third-order valence-corrected chi connectivity index (χ3v) is 3.74. The molecule has 1 aromatic carbocycles. The van der Waals surface area contributed by atoms with Gasteiger partial charge in [0, 0.05) is 16.0 Å². The summed E-state index contributed by atoms with van der Waals surface area (Å²) in [6.45, 7) is 0. The number of amides is 1. The standard InChI is InChI=1S/C12H10ClN3O3S/c13-7-3-4-8(9(6-7)16(18)19)15-12(17)11(14)10-2-1-5-20-10/h1-6,11H,14H2,(H,15,17). The number of halogens is 1.